The minimum absolute atomic E-state index is 0.103. The van der Waals surface area contributed by atoms with E-state index in [1.54, 1.807) is 17.1 Å². The van der Waals surface area contributed by atoms with Gasteiger partial charge in [-0.3, -0.25) is 4.79 Å². The molecule has 1 N–H and O–H groups in total. The van der Waals surface area contributed by atoms with Crippen molar-refractivity contribution < 1.29 is 14.3 Å². The predicted octanol–water partition coefficient (Wildman–Crippen LogP) is 3.61. The van der Waals surface area contributed by atoms with E-state index < -0.39 is 0 Å². The third-order valence-electron chi connectivity index (χ3n) is 4.71. The summed E-state index contributed by atoms with van der Waals surface area (Å²) in [4.78, 5) is 17.3. The number of hydrogen-bond donors (Lipinski definition) is 1. The maximum absolute atomic E-state index is 13.0. The molecule has 0 aliphatic carbocycles. The van der Waals surface area contributed by atoms with Crippen LogP contribution in [0, 0.1) is 0 Å². The van der Waals surface area contributed by atoms with Gasteiger partial charge in [-0.15, -0.1) is 0 Å². The minimum atomic E-state index is -0.194. The van der Waals surface area contributed by atoms with Crippen molar-refractivity contribution in [1.82, 2.24) is 20.1 Å². The molecule has 1 aromatic carbocycles. The maximum Gasteiger partial charge on any atom is 0.255 e. The Kier molecular flexibility index (Phi) is 4.73. The zero-order valence-electron chi connectivity index (χ0n) is 16.0. The highest BCUT2D eigenvalue weighted by atomic mass is 16.7. The number of rotatable bonds is 5. The molecule has 0 bridgehead atoms. The summed E-state index contributed by atoms with van der Waals surface area (Å²) in [5.74, 6) is 2.04. The van der Waals surface area contributed by atoms with Crippen molar-refractivity contribution in [2.24, 2.45) is 0 Å². The van der Waals surface area contributed by atoms with Gasteiger partial charge in [0.2, 0.25) is 6.79 Å². The van der Waals surface area contributed by atoms with Crippen LogP contribution in [0.1, 0.15) is 54.3 Å². The Morgan fingerprint density at radius 2 is 1.96 bits per heavy atom. The molecule has 144 valence electrons. The lowest BCUT2D eigenvalue weighted by Gasteiger charge is -2.16. The van der Waals surface area contributed by atoms with Crippen LogP contribution in [-0.2, 0) is 0 Å². The molecule has 3 aromatic rings. The highest BCUT2D eigenvalue weighted by Crippen LogP contribution is 2.34. The lowest BCUT2D eigenvalue weighted by Crippen LogP contribution is -2.27. The number of nitrogens with one attached hydrogen (secondary N) is 1. The molecular formula is C21H22N4O3. The normalized spacial score (nSPS) is 13.6. The van der Waals surface area contributed by atoms with Crippen LogP contribution in [-0.4, -0.2) is 27.5 Å². The van der Waals surface area contributed by atoms with E-state index in [2.05, 4.69) is 15.4 Å². The largest absolute Gasteiger partial charge is 0.454 e. The van der Waals surface area contributed by atoms with Gasteiger partial charge in [0.05, 0.1) is 23.5 Å². The Balaban J connectivity index is 1.59. The van der Waals surface area contributed by atoms with E-state index in [0.717, 1.165) is 17.0 Å². The fourth-order valence-electron chi connectivity index (χ4n) is 3.29. The predicted molar refractivity (Wildman–Crippen MR) is 104 cm³/mol. The SMILES string of the molecule is CC(C)c1c(C(=O)NC(C)c2ccc3c(c2)OCO3)cnn1-c1ccccn1. The Morgan fingerprint density at radius 3 is 2.71 bits per heavy atom. The number of hydrogen-bond acceptors (Lipinski definition) is 5. The van der Waals surface area contributed by atoms with Crippen LogP contribution in [0.5, 0.6) is 11.5 Å². The number of fused-ring (bicyclic) bond motifs is 1. The maximum atomic E-state index is 13.0. The topological polar surface area (TPSA) is 78.3 Å². The van der Waals surface area contributed by atoms with Gasteiger partial charge in [0.15, 0.2) is 17.3 Å². The molecule has 7 heteroatoms. The zero-order chi connectivity index (χ0) is 19.7. The molecule has 3 heterocycles. The average molecular weight is 378 g/mol. The zero-order valence-corrected chi connectivity index (χ0v) is 16.0. The van der Waals surface area contributed by atoms with E-state index in [0.29, 0.717) is 17.1 Å². The molecule has 2 aromatic heterocycles. The highest BCUT2D eigenvalue weighted by molar-refractivity contribution is 5.95. The van der Waals surface area contributed by atoms with Crippen molar-refractivity contribution >= 4 is 5.91 Å². The van der Waals surface area contributed by atoms with Crippen LogP contribution >= 0.6 is 0 Å². The number of carbonyl (C=O) groups excluding carboxylic acids is 1. The van der Waals surface area contributed by atoms with Crippen LogP contribution in [0.2, 0.25) is 0 Å². The van der Waals surface area contributed by atoms with E-state index in [1.165, 1.54) is 0 Å². The summed E-state index contributed by atoms with van der Waals surface area (Å²) in [5.41, 5.74) is 2.32. The van der Waals surface area contributed by atoms with Crippen LogP contribution in [0.4, 0.5) is 0 Å². The van der Waals surface area contributed by atoms with E-state index in [9.17, 15) is 4.79 Å². The Bertz CT molecular complexity index is 998. The van der Waals surface area contributed by atoms with Crippen LogP contribution in [0.25, 0.3) is 5.82 Å². The second-order valence-corrected chi connectivity index (χ2v) is 7.01. The molecule has 0 fully saturated rings. The summed E-state index contributed by atoms with van der Waals surface area (Å²) in [5, 5.41) is 7.47. The molecule has 1 atom stereocenters. The monoisotopic (exact) mass is 378 g/mol. The number of carbonyl (C=O) groups is 1. The second-order valence-electron chi connectivity index (χ2n) is 7.01. The van der Waals surface area contributed by atoms with Gasteiger partial charge in [0.25, 0.3) is 5.91 Å². The number of nitrogens with zero attached hydrogens (tertiary/aromatic N) is 3. The summed E-state index contributed by atoms with van der Waals surface area (Å²) in [7, 11) is 0. The van der Waals surface area contributed by atoms with Crippen LogP contribution < -0.4 is 14.8 Å². The summed E-state index contributed by atoms with van der Waals surface area (Å²) in [6.45, 7) is 6.24. The molecule has 4 rings (SSSR count). The minimum Gasteiger partial charge on any atom is -0.454 e. The van der Waals surface area contributed by atoms with Gasteiger partial charge in [0.1, 0.15) is 0 Å². The average Bonchev–Trinajstić information content (AvgIpc) is 3.35. The fourth-order valence-corrected chi connectivity index (χ4v) is 3.29. The number of pyridine rings is 1. The van der Waals surface area contributed by atoms with Crippen molar-refractivity contribution in [3.63, 3.8) is 0 Å². The molecule has 1 aliphatic heterocycles. The second kappa shape index (κ2) is 7.34. The first kappa shape index (κ1) is 18.0. The lowest BCUT2D eigenvalue weighted by molar-refractivity contribution is 0.0938. The van der Waals surface area contributed by atoms with Crippen molar-refractivity contribution in [3.8, 4) is 17.3 Å². The fraction of sp³-hybridized carbons (Fsp3) is 0.286. The number of aromatic nitrogens is 3. The van der Waals surface area contributed by atoms with E-state index in [1.807, 2.05) is 57.2 Å². The molecular weight excluding hydrogens is 356 g/mol. The molecule has 1 aliphatic rings. The van der Waals surface area contributed by atoms with Crippen molar-refractivity contribution in [3.05, 3.63) is 65.6 Å². The molecule has 0 radical (unpaired) electrons. The third-order valence-corrected chi connectivity index (χ3v) is 4.71. The van der Waals surface area contributed by atoms with E-state index in [4.69, 9.17) is 9.47 Å². The number of amides is 1. The first-order valence-electron chi connectivity index (χ1n) is 9.24. The molecule has 1 amide bonds. The summed E-state index contributed by atoms with van der Waals surface area (Å²) in [6.07, 6.45) is 3.31. The number of benzene rings is 1. The van der Waals surface area contributed by atoms with Crippen molar-refractivity contribution in [2.45, 2.75) is 32.7 Å². The molecule has 1 unspecified atom stereocenters. The van der Waals surface area contributed by atoms with Gasteiger partial charge in [-0.2, -0.15) is 5.10 Å². The number of ether oxygens (including phenoxy) is 2. The Labute approximate surface area is 163 Å². The summed E-state index contributed by atoms with van der Waals surface area (Å²) < 4.78 is 12.5. The van der Waals surface area contributed by atoms with Crippen molar-refractivity contribution in [1.29, 1.82) is 0 Å². The van der Waals surface area contributed by atoms with Crippen LogP contribution in [0.15, 0.2) is 48.8 Å². The van der Waals surface area contributed by atoms with Gasteiger partial charge in [-0.1, -0.05) is 26.0 Å². The van der Waals surface area contributed by atoms with Crippen LogP contribution in [0.3, 0.4) is 0 Å². The van der Waals surface area contributed by atoms with Gasteiger partial charge >= 0.3 is 0 Å². The third kappa shape index (κ3) is 3.31. The van der Waals surface area contributed by atoms with Gasteiger partial charge in [-0.05, 0) is 42.7 Å². The first-order valence-corrected chi connectivity index (χ1v) is 9.24. The molecule has 0 saturated heterocycles. The Hall–Kier alpha value is -3.35. The lowest BCUT2D eigenvalue weighted by atomic mass is 10.0. The van der Waals surface area contributed by atoms with Gasteiger partial charge in [-0.25, -0.2) is 9.67 Å². The van der Waals surface area contributed by atoms with E-state index >= 15 is 0 Å². The van der Waals surface area contributed by atoms with Crippen molar-refractivity contribution in [2.75, 3.05) is 6.79 Å². The molecule has 0 spiro atoms. The molecule has 7 nitrogen and oxygen atoms in total. The first-order chi connectivity index (χ1) is 13.5. The van der Waals surface area contributed by atoms with Gasteiger partial charge < -0.3 is 14.8 Å². The summed E-state index contributed by atoms with van der Waals surface area (Å²) in [6, 6.07) is 11.1. The smallest absolute Gasteiger partial charge is 0.255 e. The standard InChI is InChI=1S/C21H22N4O3/c1-13(2)20-16(11-23-25(20)19-6-4-5-9-22-19)21(26)24-14(3)15-7-8-17-18(10-15)28-12-27-17/h4-11,13-14H,12H2,1-3H3,(H,24,26). The Morgan fingerprint density at radius 1 is 1.14 bits per heavy atom. The molecule has 28 heavy (non-hydrogen) atoms. The quantitative estimate of drug-likeness (QED) is 0.734. The van der Waals surface area contributed by atoms with E-state index in [-0.39, 0.29) is 24.7 Å². The highest BCUT2D eigenvalue weighted by Gasteiger charge is 2.23. The van der Waals surface area contributed by atoms with Gasteiger partial charge in [0, 0.05) is 6.20 Å². The summed E-state index contributed by atoms with van der Waals surface area (Å²) >= 11 is 0. The molecule has 0 saturated carbocycles.